The highest BCUT2D eigenvalue weighted by Crippen LogP contribution is 2.26. The van der Waals surface area contributed by atoms with Crippen molar-refractivity contribution >= 4 is 29.1 Å². The fraction of sp³-hybridized carbons (Fsp3) is 0.435. The van der Waals surface area contributed by atoms with Gasteiger partial charge in [-0.25, -0.2) is 9.78 Å². The molecule has 1 saturated heterocycles. The van der Waals surface area contributed by atoms with Gasteiger partial charge >= 0.3 is 5.97 Å². The summed E-state index contributed by atoms with van der Waals surface area (Å²) in [5.74, 6) is -0.710. The first-order valence-corrected chi connectivity index (χ1v) is 10.5. The molecule has 30 heavy (non-hydrogen) atoms. The van der Waals surface area contributed by atoms with Gasteiger partial charge in [0.15, 0.2) is 0 Å². The Morgan fingerprint density at radius 1 is 1.10 bits per heavy atom. The molecule has 0 aliphatic carbocycles. The molecule has 0 radical (unpaired) electrons. The molecule has 1 aliphatic rings. The van der Waals surface area contributed by atoms with E-state index >= 15 is 0 Å². The minimum Gasteiger partial charge on any atom is -0.478 e. The zero-order valence-electron chi connectivity index (χ0n) is 17.9. The molecule has 1 aromatic heterocycles. The van der Waals surface area contributed by atoms with Crippen LogP contribution in [0.3, 0.4) is 0 Å². The van der Waals surface area contributed by atoms with E-state index in [0.29, 0.717) is 31.0 Å². The highest BCUT2D eigenvalue weighted by atomic mass is 16.4. The lowest BCUT2D eigenvalue weighted by molar-refractivity contribution is -0.116. The number of carboxylic acid groups (broad SMARTS) is 1. The van der Waals surface area contributed by atoms with Gasteiger partial charge in [-0.15, -0.1) is 0 Å². The number of anilines is 3. The van der Waals surface area contributed by atoms with E-state index in [-0.39, 0.29) is 11.5 Å². The number of carboxylic acids is 1. The molecular formula is C23H30N4O3. The normalized spacial score (nSPS) is 14.0. The highest BCUT2D eigenvalue weighted by molar-refractivity contribution is 5.97. The molecular weight excluding hydrogens is 380 g/mol. The quantitative estimate of drug-likeness (QED) is 0.721. The molecule has 1 fully saturated rings. The largest absolute Gasteiger partial charge is 0.478 e. The molecule has 2 N–H and O–H groups in total. The number of rotatable bonds is 7. The van der Waals surface area contributed by atoms with Gasteiger partial charge in [-0.3, -0.25) is 4.79 Å². The van der Waals surface area contributed by atoms with Crippen LogP contribution in [0.4, 0.5) is 17.2 Å². The fourth-order valence-corrected chi connectivity index (χ4v) is 3.72. The maximum Gasteiger partial charge on any atom is 0.339 e. The van der Waals surface area contributed by atoms with Crippen LogP contribution in [-0.2, 0) is 4.79 Å². The molecule has 2 heterocycles. The number of aromatic nitrogens is 1. The Morgan fingerprint density at radius 3 is 2.47 bits per heavy atom. The van der Waals surface area contributed by atoms with Crippen LogP contribution >= 0.6 is 0 Å². The number of carbonyl (C=O) groups is 2. The number of nitrogens with zero attached hydrogens (tertiary/aromatic N) is 3. The van der Waals surface area contributed by atoms with Gasteiger partial charge in [0.2, 0.25) is 5.91 Å². The van der Waals surface area contributed by atoms with E-state index in [4.69, 9.17) is 0 Å². The first-order valence-electron chi connectivity index (χ1n) is 10.5. The third-order valence-electron chi connectivity index (χ3n) is 5.42. The van der Waals surface area contributed by atoms with Crippen molar-refractivity contribution in [3.8, 4) is 0 Å². The number of carbonyl (C=O) groups excluding carboxylic acids is 1. The third-order valence-corrected chi connectivity index (χ3v) is 5.42. The van der Waals surface area contributed by atoms with Crippen LogP contribution in [0.5, 0.6) is 0 Å². The van der Waals surface area contributed by atoms with Crippen molar-refractivity contribution in [3.05, 3.63) is 47.2 Å². The first kappa shape index (κ1) is 21.6. The SMILES string of the molecule is CCCCC(=O)Nc1cnc(N2CCN(c3cc(C)ccc3C)CC2)c(C(=O)O)c1. The number of piperazine rings is 1. The maximum absolute atomic E-state index is 12.0. The molecule has 0 unspecified atom stereocenters. The summed E-state index contributed by atoms with van der Waals surface area (Å²) in [6.07, 6.45) is 3.69. The molecule has 1 amide bonds. The van der Waals surface area contributed by atoms with Gasteiger partial charge in [0, 0.05) is 38.3 Å². The van der Waals surface area contributed by atoms with Gasteiger partial charge in [0.1, 0.15) is 11.4 Å². The average molecular weight is 411 g/mol. The summed E-state index contributed by atoms with van der Waals surface area (Å²) in [6, 6.07) is 7.95. The summed E-state index contributed by atoms with van der Waals surface area (Å²) in [5, 5.41) is 12.5. The number of aromatic carboxylic acids is 1. The number of amides is 1. The van der Waals surface area contributed by atoms with E-state index < -0.39 is 5.97 Å². The summed E-state index contributed by atoms with van der Waals surface area (Å²) in [6.45, 7) is 9.17. The van der Waals surface area contributed by atoms with Crippen molar-refractivity contribution in [1.82, 2.24) is 4.98 Å². The van der Waals surface area contributed by atoms with Crippen molar-refractivity contribution in [2.24, 2.45) is 0 Å². The lowest BCUT2D eigenvalue weighted by Gasteiger charge is -2.38. The second-order valence-corrected chi connectivity index (χ2v) is 7.82. The van der Waals surface area contributed by atoms with Crippen LogP contribution in [0.15, 0.2) is 30.5 Å². The van der Waals surface area contributed by atoms with Gasteiger partial charge in [-0.05, 0) is 43.5 Å². The van der Waals surface area contributed by atoms with Crippen LogP contribution in [0.25, 0.3) is 0 Å². The van der Waals surface area contributed by atoms with E-state index in [1.54, 1.807) is 6.20 Å². The number of benzene rings is 1. The summed E-state index contributed by atoms with van der Waals surface area (Å²) in [5.41, 5.74) is 4.23. The Morgan fingerprint density at radius 2 is 1.80 bits per heavy atom. The number of pyridine rings is 1. The van der Waals surface area contributed by atoms with E-state index in [0.717, 1.165) is 25.9 Å². The monoisotopic (exact) mass is 410 g/mol. The molecule has 2 aromatic rings. The average Bonchev–Trinajstić information content (AvgIpc) is 2.74. The number of nitrogens with one attached hydrogen (secondary N) is 1. The van der Waals surface area contributed by atoms with Crippen molar-refractivity contribution in [1.29, 1.82) is 0 Å². The molecule has 0 atom stereocenters. The smallest absolute Gasteiger partial charge is 0.339 e. The van der Waals surface area contributed by atoms with Gasteiger partial charge in [0.25, 0.3) is 0 Å². The van der Waals surface area contributed by atoms with Crippen LogP contribution in [-0.4, -0.2) is 48.1 Å². The molecule has 160 valence electrons. The molecule has 0 spiro atoms. The Hall–Kier alpha value is -3.09. The van der Waals surface area contributed by atoms with Gasteiger partial charge in [0.05, 0.1) is 11.9 Å². The summed E-state index contributed by atoms with van der Waals surface area (Å²) in [7, 11) is 0. The molecule has 0 saturated carbocycles. The summed E-state index contributed by atoms with van der Waals surface area (Å²) >= 11 is 0. The van der Waals surface area contributed by atoms with E-state index in [9.17, 15) is 14.7 Å². The Labute approximate surface area is 177 Å². The molecule has 7 nitrogen and oxygen atoms in total. The lowest BCUT2D eigenvalue weighted by atomic mass is 10.1. The van der Waals surface area contributed by atoms with Gasteiger partial charge < -0.3 is 20.2 Å². The highest BCUT2D eigenvalue weighted by Gasteiger charge is 2.24. The Kier molecular flexibility index (Phi) is 6.92. The van der Waals surface area contributed by atoms with E-state index in [1.165, 1.54) is 22.9 Å². The van der Waals surface area contributed by atoms with Crippen LogP contribution in [0.1, 0.15) is 47.7 Å². The molecule has 1 aromatic carbocycles. The summed E-state index contributed by atoms with van der Waals surface area (Å²) in [4.78, 5) is 32.6. The second-order valence-electron chi connectivity index (χ2n) is 7.82. The number of unbranched alkanes of at least 4 members (excludes halogenated alkanes) is 1. The number of hydrogen-bond donors (Lipinski definition) is 2. The predicted octanol–water partition coefficient (Wildman–Crippen LogP) is 3.85. The summed E-state index contributed by atoms with van der Waals surface area (Å²) < 4.78 is 0. The molecule has 7 heteroatoms. The van der Waals surface area contributed by atoms with Gasteiger partial charge in [-0.2, -0.15) is 0 Å². The molecule has 1 aliphatic heterocycles. The van der Waals surface area contributed by atoms with Crippen LogP contribution in [0, 0.1) is 13.8 Å². The van der Waals surface area contributed by atoms with Crippen molar-refractivity contribution in [2.75, 3.05) is 41.3 Å². The maximum atomic E-state index is 12.0. The number of aryl methyl sites for hydroxylation is 2. The van der Waals surface area contributed by atoms with Crippen LogP contribution in [0.2, 0.25) is 0 Å². The standard InChI is InChI=1S/C23H30N4O3/c1-4-5-6-21(28)25-18-14-19(23(29)30)22(24-15-18)27-11-9-26(10-12-27)20-13-16(2)7-8-17(20)3/h7-8,13-15H,4-6,9-12H2,1-3H3,(H,25,28)(H,29,30). The minimum absolute atomic E-state index is 0.114. The Bertz CT molecular complexity index is 921. The lowest BCUT2D eigenvalue weighted by Crippen LogP contribution is -2.47. The molecule has 0 bridgehead atoms. The van der Waals surface area contributed by atoms with Crippen molar-refractivity contribution in [2.45, 2.75) is 40.0 Å². The fourth-order valence-electron chi connectivity index (χ4n) is 3.72. The number of hydrogen-bond acceptors (Lipinski definition) is 5. The van der Waals surface area contributed by atoms with Crippen molar-refractivity contribution < 1.29 is 14.7 Å². The topological polar surface area (TPSA) is 85.8 Å². The van der Waals surface area contributed by atoms with E-state index in [2.05, 4.69) is 47.2 Å². The zero-order valence-corrected chi connectivity index (χ0v) is 17.9. The van der Waals surface area contributed by atoms with Crippen LogP contribution < -0.4 is 15.1 Å². The van der Waals surface area contributed by atoms with Crippen molar-refractivity contribution in [3.63, 3.8) is 0 Å². The first-order chi connectivity index (χ1) is 14.4. The van der Waals surface area contributed by atoms with Gasteiger partial charge in [-0.1, -0.05) is 25.5 Å². The van der Waals surface area contributed by atoms with E-state index in [1.807, 2.05) is 11.8 Å². The molecule has 3 rings (SSSR count). The third kappa shape index (κ3) is 5.09. The second kappa shape index (κ2) is 9.61. The predicted molar refractivity (Wildman–Crippen MR) is 120 cm³/mol. The zero-order chi connectivity index (χ0) is 21.7. The Balaban J connectivity index is 1.72. The minimum atomic E-state index is -1.04.